The van der Waals surface area contributed by atoms with E-state index >= 15 is 0 Å². The Morgan fingerprint density at radius 2 is 2.13 bits per heavy atom. The molecule has 0 atom stereocenters. The first-order valence-corrected chi connectivity index (χ1v) is 6.55. The lowest BCUT2D eigenvalue weighted by molar-refractivity contribution is -0.384. The van der Waals surface area contributed by atoms with Gasteiger partial charge >= 0.3 is 6.01 Å². The number of hydrogen-bond donors (Lipinski definition) is 1. The fraction of sp³-hybridized carbons (Fsp3) is 0. The summed E-state index contributed by atoms with van der Waals surface area (Å²) in [6, 6.07) is 6.57. The van der Waals surface area contributed by atoms with E-state index in [0.29, 0.717) is 5.76 Å². The molecular weight excluding hydrogens is 328 g/mol. The van der Waals surface area contributed by atoms with Crippen LogP contribution in [0.5, 0.6) is 0 Å². The molecular formula is C13H7ClN4O5. The van der Waals surface area contributed by atoms with Gasteiger partial charge in [-0.2, -0.15) is 0 Å². The van der Waals surface area contributed by atoms with E-state index in [4.69, 9.17) is 20.4 Å². The van der Waals surface area contributed by atoms with Gasteiger partial charge in [0, 0.05) is 12.1 Å². The number of nitro groups is 1. The summed E-state index contributed by atoms with van der Waals surface area (Å²) in [6.07, 6.45) is 1.43. The largest absolute Gasteiger partial charge is 0.459 e. The zero-order valence-corrected chi connectivity index (χ0v) is 12.0. The maximum Gasteiger partial charge on any atom is 0.322 e. The van der Waals surface area contributed by atoms with Gasteiger partial charge in [-0.05, 0) is 18.2 Å². The smallest absolute Gasteiger partial charge is 0.322 e. The molecule has 0 fully saturated rings. The van der Waals surface area contributed by atoms with Crippen molar-refractivity contribution in [1.82, 2.24) is 10.2 Å². The highest BCUT2D eigenvalue weighted by Gasteiger charge is 2.19. The normalized spacial score (nSPS) is 10.5. The molecule has 1 amide bonds. The third kappa shape index (κ3) is 3.04. The summed E-state index contributed by atoms with van der Waals surface area (Å²) < 4.78 is 10.3. The average Bonchev–Trinajstić information content (AvgIpc) is 3.18. The van der Waals surface area contributed by atoms with Gasteiger partial charge in [-0.3, -0.25) is 20.2 Å². The number of amides is 1. The Bertz CT molecular complexity index is 874. The lowest BCUT2D eigenvalue weighted by atomic mass is 10.2. The number of nitrogens with zero attached hydrogens (tertiary/aromatic N) is 3. The number of anilines is 1. The Labute approximate surface area is 133 Å². The molecule has 2 heterocycles. The van der Waals surface area contributed by atoms with E-state index in [0.717, 1.165) is 6.07 Å². The number of hydrogen-bond acceptors (Lipinski definition) is 7. The predicted octanol–water partition coefficient (Wildman–Crippen LogP) is 3.14. The summed E-state index contributed by atoms with van der Waals surface area (Å²) in [4.78, 5) is 22.3. The maximum atomic E-state index is 12.1. The number of aromatic nitrogens is 2. The van der Waals surface area contributed by atoms with Crippen molar-refractivity contribution in [2.24, 2.45) is 0 Å². The molecule has 0 spiro atoms. The fourth-order valence-electron chi connectivity index (χ4n) is 1.74. The van der Waals surface area contributed by atoms with Gasteiger partial charge in [-0.1, -0.05) is 16.7 Å². The van der Waals surface area contributed by atoms with Crippen LogP contribution in [0.1, 0.15) is 10.4 Å². The number of furan rings is 1. The van der Waals surface area contributed by atoms with Crippen molar-refractivity contribution in [2.75, 3.05) is 5.32 Å². The molecule has 0 aliphatic rings. The molecule has 116 valence electrons. The average molecular weight is 335 g/mol. The van der Waals surface area contributed by atoms with Crippen molar-refractivity contribution in [1.29, 1.82) is 0 Å². The topological polar surface area (TPSA) is 124 Å². The molecule has 1 aromatic carbocycles. The second kappa shape index (κ2) is 5.89. The van der Waals surface area contributed by atoms with Gasteiger partial charge in [0.25, 0.3) is 17.5 Å². The van der Waals surface area contributed by atoms with Crippen LogP contribution in [0.15, 0.2) is 45.4 Å². The number of carbonyl (C=O) groups is 1. The first-order valence-electron chi connectivity index (χ1n) is 6.17. The second-order valence-electron chi connectivity index (χ2n) is 4.27. The van der Waals surface area contributed by atoms with Crippen LogP contribution in [0.25, 0.3) is 11.7 Å². The molecule has 3 aromatic rings. The molecule has 9 nitrogen and oxygen atoms in total. The van der Waals surface area contributed by atoms with Crippen molar-refractivity contribution in [3.8, 4) is 11.7 Å². The number of rotatable bonds is 4. The number of non-ortho nitro benzene ring substituents is 1. The molecule has 0 radical (unpaired) electrons. The van der Waals surface area contributed by atoms with E-state index in [1.807, 2.05) is 0 Å². The number of halogens is 1. The van der Waals surface area contributed by atoms with Crippen molar-refractivity contribution in [2.45, 2.75) is 0 Å². The summed E-state index contributed by atoms with van der Waals surface area (Å²) in [6.45, 7) is 0. The first kappa shape index (κ1) is 14.7. The van der Waals surface area contributed by atoms with Crippen molar-refractivity contribution >= 4 is 29.2 Å². The van der Waals surface area contributed by atoms with Crippen molar-refractivity contribution < 1.29 is 18.6 Å². The second-order valence-corrected chi connectivity index (χ2v) is 4.67. The van der Waals surface area contributed by atoms with Crippen LogP contribution in [0.3, 0.4) is 0 Å². The van der Waals surface area contributed by atoms with E-state index in [9.17, 15) is 14.9 Å². The fourth-order valence-corrected chi connectivity index (χ4v) is 1.94. The van der Waals surface area contributed by atoms with Crippen LogP contribution in [0, 0.1) is 10.1 Å². The molecule has 1 N–H and O–H groups in total. The molecule has 0 saturated carbocycles. The Morgan fingerprint density at radius 3 is 2.83 bits per heavy atom. The van der Waals surface area contributed by atoms with Gasteiger partial charge in [-0.25, -0.2) is 0 Å². The molecule has 2 aromatic heterocycles. The summed E-state index contributed by atoms with van der Waals surface area (Å²) >= 11 is 5.88. The van der Waals surface area contributed by atoms with E-state index in [-0.39, 0.29) is 28.2 Å². The van der Waals surface area contributed by atoms with Gasteiger partial charge in [0.1, 0.15) is 0 Å². The number of nitro benzene ring substituents is 1. The Hall–Kier alpha value is -3.20. The van der Waals surface area contributed by atoms with E-state index in [2.05, 4.69) is 15.5 Å². The van der Waals surface area contributed by atoms with Crippen molar-refractivity contribution in [3.05, 3.63) is 57.3 Å². The van der Waals surface area contributed by atoms with E-state index in [1.54, 1.807) is 12.1 Å². The minimum absolute atomic E-state index is 0.0545. The van der Waals surface area contributed by atoms with Gasteiger partial charge < -0.3 is 8.83 Å². The molecule has 10 heteroatoms. The van der Waals surface area contributed by atoms with Crippen molar-refractivity contribution in [3.63, 3.8) is 0 Å². The Balaban J connectivity index is 1.82. The van der Waals surface area contributed by atoms with Crippen LogP contribution in [-0.4, -0.2) is 21.0 Å². The lowest BCUT2D eigenvalue weighted by Gasteiger charge is -2.03. The Morgan fingerprint density at radius 1 is 1.30 bits per heavy atom. The SMILES string of the molecule is O=C(Nc1nnc(-c2ccco2)o1)c1cc([N+](=O)[O-])ccc1Cl. The number of carbonyl (C=O) groups excluding carboxylic acids is 1. The zero-order chi connectivity index (χ0) is 16.4. The minimum atomic E-state index is -0.714. The molecule has 23 heavy (non-hydrogen) atoms. The summed E-state index contributed by atoms with van der Waals surface area (Å²) in [5.74, 6) is -0.296. The predicted molar refractivity (Wildman–Crippen MR) is 78.1 cm³/mol. The van der Waals surface area contributed by atoms with Crippen LogP contribution >= 0.6 is 11.6 Å². The molecule has 0 aliphatic carbocycles. The van der Waals surface area contributed by atoms with Crippen LogP contribution < -0.4 is 5.32 Å². The quantitative estimate of drug-likeness (QED) is 0.573. The molecule has 3 rings (SSSR count). The van der Waals surface area contributed by atoms with E-state index < -0.39 is 10.8 Å². The molecule has 0 bridgehead atoms. The molecule has 0 saturated heterocycles. The Kier molecular flexibility index (Phi) is 3.77. The van der Waals surface area contributed by atoms with Crippen LogP contribution in [-0.2, 0) is 0 Å². The highest BCUT2D eigenvalue weighted by Crippen LogP contribution is 2.24. The van der Waals surface area contributed by atoms with Gasteiger partial charge in [-0.15, -0.1) is 5.10 Å². The maximum absolute atomic E-state index is 12.1. The lowest BCUT2D eigenvalue weighted by Crippen LogP contribution is -2.13. The van der Waals surface area contributed by atoms with Gasteiger partial charge in [0.15, 0.2) is 5.76 Å². The van der Waals surface area contributed by atoms with E-state index in [1.165, 1.54) is 18.4 Å². The van der Waals surface area contributed by atoms with Crippen LogP contribution in [0.2, 0.25) is 5.02 Å². The highest BCUT2D eigenvalue weighted by atomic mass is 35.5. The number of nitrogens with one attached hydrogen (secondary N) is 1. The zero-order valence-electron chi connectivity index (χ0n) is 11.2. The van der Waals surface area contributed by atoms with Gasteiger partial charge in [0.05, 0.1) is 21.8 Å². The minimum Gasteiger partial charge on any atom is -0.459 e. The first-order chi connectivity index (χ1) is 11.0. The standard InChI is InChI=1S/C13H7ClN4O5/c14-9-4-3-7(18(20)21)6-8(9)11(19)15-13-17-16-12(23-13)10-2-1-5-22-10/h1-6H,(H,15,17,19). The third-order valence-corrected chi connectivity index (χ3v) is 3.11. The molecule has 0 aliphatic heterocycles. The summed E-state index contributed by atoms with van der Waals surface area (Å²) in [7, 11) is 0. The third-order valence-electron chi connectivity index (χ3n) is 2.78. The summed E-state index contributed by atoms with van der Waals surface area (Å²) in [5.41, 5.74) is -0.347. The van der Waals surface area contributed by atoms with Gasteiger partial charge in [0.2, 0.25) is 0 Å². The number of benzene rings is 1. The molecule has 0 unspecified atom stereocenters. The highest BCUT2D eigenvalue weighted by molar-refractivity contribution is 6.34. The van der Waals surface area contributed by atoms with Crippen LogP contribution in [0.4, 0.5) is 11.7 Å². The summed E-state index contributed by atoms with van der Waals surface area (Å²) in [5, 5.41) is 20.5. The monoisotopic (exact) mass is 334 g/mol.